The maximum absolute atomic E-state index is 13.1. The lowest BCUT2D eigenvalue weighted by atomic mass is 10.3. The maximum atomic E-state index is 13.1. The van der Waals surface area contributed by atoms with Crippen LogP contribution in [0.25, 0.3) is 0 Å². The van der Waals surface area contributed by atoms with Crippen molar-refractivity contribution in [2.45, 2.75) is 4.90 Å². The first kappa shape index (κ1) is 16.0. The molecule has 0 bridgehead atoms. The fourth-order valence-corrected chi connectivity index (χ4v) is 2.61. The van der Waals surface area contributed by atoms with Crippen molar-refractivity contribution in [3.63, 3.8) is 0 Å². The summed E-state index contributed by atoms with van der Waals surface area (Å²) in [6, 6.07) is 6.27. The van der Waals surface area contributed by atoms with Crippen molar-refractivity contribution in [1.29, 1.82) is 0 Å². The molecular weight excluding hydrogens is 318 g/mol. The second-order valence-corrected chi connectivity index (χ2v) is 5.68. The van der Waals surface area contributed by atoms with Crippen LogP contribution < -0.4 is 13.7 Å². The molecule has 0 aliphatic rings. The van der Waals surface area contributed by atoms with Gasteiger partial charge in [-0.25, -0.2) is 8.78 Å². The highest BCUT2D eigenvalue weighted by Gasteiger charge is 2.20. The largest absolute Gasteiger partial charge is 0.493 e. The predicted molar refractivity (Wildman–Crippen MR) is 73.7 cm³/mol. The third-order valence-electron chi connectivity index (χ3n) is 2.74. The third-order valence-corrected chi connectivity index (χ3v) is 3.98. The quantitative estimate of drug-likeness (QED) is 0.789. The zero-order valence-corrected chi connectivity index (χ0v) is 12.5. The van der Waals surface area contributed by atoms with Crippen LogP contribution in [0, 0.1) is 11.6 Å². The molecule has 0 aliphatic heterocycles. The highest BCUT2D eigenvalue weighted by Crippen LogP contribution is 2.30. The smallest absolute Gasteiger partial charge is 0.339 e. The Morgan fingerprint density at radius 1 is 0.864 bits per heavy atom. The Morgan fingerprint density at radius 2 is 1.55 bits per heavy atom. The van der Waals surface area contributed by atoms with E-state index in [9.17, 15) is 17.2 Å². The molecule has 2 aromatic rings. The van der Waals surface area contributed by atoms with Crippen LogP contribution >= 0.6 is 0 Å². The van der Waals surface area contributed by atoms with Gasteiger partial charge in [-0.3, -0.25) is 0 Å². The van der Waals surface area contributed by atoms with Crippen molar-refractivity contribution in [3.8, 4) is 17.2 Å². The Kier molecular flexibility index (Phi) is 4.51. The molecule has 0 amide bonds. The predicted octanol–water partition coefficient (Wildman–Crippen LogP) is 2.75. The first-order valence-electron chi connectivity index (χ1n) is 5.99. The van der Waals surface area contributed by atoms with Crippen LogP contribution in [-0.4, -0.2) is 22.6 Å². The van der Waals surface area contributed by atoms with Crippen molar-refractivity contribution in [1.82, 2.24) is 0 Å². The molecule has 5 nitrogen and oxygen atoms in total. The minimum Gasteiger partial charge on any atom is -0.493 e. The number of rotatable bonds is 5. The van der Waals surface area contributed by atoms with E-state index in [1.54, 1.807) is 0 Å². The average molecular weight is 330 g/mol. The molecule has 2 rings (SSSR count). The average Bonchev–Trinajstić information content (AvgIpc) is 2.50. The van der Waals surface area contributed by atoms with E-state index in [0.29, 0.717) is 11.8 Å². The molecule has 118 valence electrons. The molecule has 2 aromatic carbocycles. The van der Waals surface area contributed by atoms with Gasteiger partial charge < -0.3 is 13.7 Å². The maximum Gasteiger partial charge on any atom is 0.339 e. The van der Waals surface area contributed by atoms with Crippen LogP contribution in [0.5, 0.6) is 17.2 Å². The van der Waals surface area contributed by atoms with E-state index in [1.807, 2.05) is 0 Å². The summed E-state index contributed by atoms with van der Waals surface area (Å²) in [5.74, 6) is -2.11. The highest BCUT2D eigenvalue weighted by atomic mass is 32.2. The molecule has 0 heterocycles. The molecular formula is C14H12F2O5S. The van der Waals surface area contributed by atoms with Crippen molar-refractivity contribution < 1.29 is 30.9 Å². The minimum atomic E-state index is -4.23. The Hall–Kier alpha value is -2.35. The normalized spacial score (nSPS) is 11.1. The molecule has 0 N–H and O–H groups in total. The second kappa shape index (κ2) is 6.18. The van der Waals surface area contributed by atoms with Gasteiger partial charge in [0.05, 0.1) is 14.2 Å². The second-order valence-electron chi connectivity index (χ2n) is 4.13. The zero-order valence-electron chi connectivity index (χ0n) is 11.7. The van der Waals surface area contributed by atoms with Crippen molar-refractivity contribution in [2.24, 2.45) is 0 Å². The van der Waals surface area contributed by atoms with E-state index in [4.69, 9.17) is 13.7 Å². The first-order valence-corrected chi connectivity index (χ1v) is 7.40. The molecule has 0 saturated heterocycles. The SMILES string of the molecule is COc1ccc(S(=O)(=O)Oc2ccc(F)c(F)c2)cc1OC. The Morgan fingerprint density at radius 3 is 2.14 bits per heavy atom. The van der Waals surface area contributed by atoms with Crippen LogP contribution in [0.1, 0.15) is 0 Å². The van der Waals surface area contributed by atoms with Crippen LogP contribution in [0.2, 0.25) is 0 Å². The van der Waals surface area contributed by atoms with Gasteiger partial charge in [0.15, 0.2) is 23.1 Å². The number of benzene rings is 2. The van der Waals surface area contributed by atoms with Gasteiger partial charge >= 0.3 is 10.1 Å². The van der Waals surface area contributed by atoms with Crippen LogP contribution in [0.15, 0.2) is 41.3 Å². The molecule has 0 radical (unpaired) electrons. The van der Waals surface area contributed by atoms with Gasteiger partial charge in [-0.15, -0.1) is 0 Å². The van der Waals surface area contributed by atoms with E-state index in [2.05, 4.69) is 0 Å². The van der Waals surface area contributed by atoms with E-state index in [0.717, 1.165) is 12.1 Å². The van der Waals surface area contributed by atoms with Gasteiger partial charge in [0.25, 0.3) is 0 Å². The molecule has 0 atom stereocenters. The Labute approximate surface area is 126 Å². The van der Waals surface area contributed by atoms with Gasteiger partial charge in [0.1, 0.15) is 10.6 Å². The van der Waals surface area contributed by atoms with Gasteiger partial charge in [-0.2, -0.15) is 8.42 Å². The van der Waals surface area contributed by atoms with E-state index in [-0.39, 0.29) is 16.4 Å². The summed E-state index contributed by atoms with van der Waals surface area (Å²) in [7, 11) is -1.47. The van der Waals surface area contributed by atoms with Crippen molar-refractivity contribution >= 4 is 10.1 Å². The van der Waals surface area contributed by atoms with Crippen LogP contribution in [-0.2, 0) is 10.1 Å². The van der Waals surface area contributed by atoms with Gasteiger partial charge in [-0.05, 0) is 24.3 Å². The summed E-state index contributed by atoms with van der Waals surface area (Å²) < 4.78 is 64.9. The van der Waals surface area contributed by atoms with Gasteiger partial charge in [0.2, 0.25) is 0 Å². The lowest BCUT2D eigenvalue weighted by Gasteiger charge is -2.11. The molecule has 0 fully saturated rings. The van der Waals surface area contributed by atoms with E-state index in [1.165, 1.54) is 32.4 Å². The first-order chi connectivity index (χ1) is 10.4. The standard InChI is InChI=1S/C14H12F2O5S/c1-19-13-6-4-10(8-14(13)20-2)22(17,18)21-9-3-5-11(15)12(16)7-9/h3-8H,1-2H3. The Balaban J connectivity index is 2.35. The molecule has 0 unspecified atom stereocenters. The summed E-state index contributed by atoms with van der Waals surface area (Å²) in [6.45, 7) is 0. The number of methoxy groups -OCH3 is 2. The van der Waals surface area contributed by atoms with Crippen LogP contribution in [0.3, 0.4) is 0 Å². The molecule has 0 aromatic heterocycles. The summed E-state index contributed by atoms with van der Waals surface area (Å²) in [5.41, 5.74) is 0. The fourth-order valence-electron chi connectivity index (χ4n) is 1.68. The lowest BCUT2D eigenvalue weighted by molar-refractivity contribution is 0.353. The molecule has 0 spiro atoms. The summed E-state index contributed by atoms with van der Waals surface area (Å²) in [5, 5.41) is 0. The number of hydrogen-bond donors (Lipinski definition) is 0. The topological polar surface area (TPSA) is 61.8 Å². The minimum absolute atomic E-state index is 0.192. The van der Waals surface area contributed by atoms with E-state index >= 15 is 0 Å². The van der Waals surface area contributed by atoms with Crippen molar-refractivity contribution in [2.75, 3.05) is 14.2 Å². The third kappa shape index (κ3) is 3.28. The number of hydrogen-bond acceptors (Lipinski definition) is 5. The van der Waals surface area contributed by atoms with Crippen molar-refractivity contribution in [3.05, 3.63) is 48.0 Å². The van der Waals surface area contributed by atoms with Gasteiger partial charge in [0, 0.05) is 12.1 Å². The Bertz CT molecular complexity index is 790. The molecule has 0 saturated carbocycles. The highest BCUT2D eigenvalue weighted by molar-refractivity contribution is 7.87. The summed E-state index contributed by atoms with van der Waals surface area (Å²) >= 11 is 0. The number of ether oxygens (including phenoxy) is 2. The van der Waals surface area contributed by atoms with Gasteiger partial charge in [-0.1, -0.05) is 0 Å². The summed E-state index contributed by atoms with van der Waals surface area (Å²) in [6.07, 6.45) is 0. The summed E-state index contributed by atoms with van der Waals surface area (Å²) in [4.78, 5) is -0.213. The monoisotopic (exact) mass is 330 g/mol. The van der Waals surface area contributed by atoms with E-state index < -0.39 is 21.8 Å². The number of halogens is 2. The van der Waals surface area contributed by atoms with Crippen LogP contribution in [0.4, 0.5) is 8.78 Å². The molecule has 0 aliphatic carbocycles. The molecule has 8 heteroatoms. The lowest BCUT2D eigenvalue weighted by Crippen LogP contribution is -2.10. The molecule has 22 heavy (non-hydrogen) atoms. The fraction of sp³-hybridized carbons (Fsp3) is 0.143. The zero-order chi connectivity index (χ0) is 16.3.